The first kappa shape index (κ1) is 20.3. The highest BCUT2D eigenvalue weighted by molar-refractivity contribution is 5.80. The van der Waals surface area contributed by atoms with Crippen molar-refractivity contribution in [3.8, 4) is 0 Å². The Bertz CT molecular complexity index is 990. The second kappa shape index (κ2) is 8.42. The van der Waals surface area contributed by atoms with Crippen molar-refractivity contribution in [2.24, 2.45) is 11.8 Å². The minimum Gasteiger partial charge on any atom is -0.346 e. The van der Waals surface area contributed by atoms with Gasteiger partial charge >= 0.3 is 0 Å². The van der Waals surface area contributed by atoms with E-state index in [4.69, 9.17) is 4.98 Å². The zero-order valence-electron chi connectivity index (χ0n) is 18.1. The number of anilines is 1. The Morgan fingerprint density at radius 3 is 2.60 bits per heavy atom. The minimum absolute atomic E-state index is 0.0724. The van der Waals surface area contributed by atoms with Crippen molar-refractivity contribution in [3.05, 3.63) is 47.5 Å². The van der Waals surface area contributed by atoms with Gasteiger partial charge in [-0.05, 0) is 50.8 Å². The normalized spacial score (nSPS) is 18.0. The van der Waals surface area contributed by atoms with Crippen LogP contribution in [0.25, 0.3) is 11.0 Å². The number of nitrogens with zero attached hydrogens (tertiary/aromatic N) is 4. The zero-order valence-corrected chi connectivity index (χ0v) is 18.1. The first-order chi connectivity index (χ1) is 14.4. The fourth-order valence-electron chi connectivity index (χ4n) is 4.16. The molecular formula is C23H30N6O. The molecule has 3 aromatic rings. The molecule has 0 radical (unpaired) electrons. The lowest BCUT2D eigenvalue weighted by atomic mass is 9.95. The van der Waals surface area contributed by atoms with Crippen LogP contribution in [0, 0.1) is 25.7 Å². The largest absolute Gasteiger partial charge is 0.346 e. The van der Waals surface area contributed by atoms with Crippen molar-refractivity contribution in [2.45, 2.75) is 46.6 Å². The maximum absolute atomic E-state index is 13.2. The van der Waals surface area contributed by atoms with Crippen LogP contribution >= 0.6 is 0 Å². The van der Waals surface area contributed by atoms with Crippen molar-refractivity contribution in [1.29, 1.82) is 0 Å². The molecule has 3 heterocycles. The number of aromatic nitrogens is 4. The first-order valence-corrected chi connectivity index (χ1v) is 10.7. The average molecular weight is 407 g/mol. The van der Waals surface area contributed by atoms with Gasteiger partial charge in [-0.15, -0.1) is 0 Å². The van der Waals surface area contributed by atoms with Crippen molar-refractivity contribution in [3.63, 3.8) is 0 Å². The SMILES string of the molecule is Cc1cc(C)nc(N2CCC[C@H](C(=O)N[C@@H](c3nc4ccccc4[nH]3)C(C)C)C2)n1. The Labute approximate surface area is 177 Å². The van der Waals surface area contributed by atoms with Gasteiger partial charge in [0.05, 0.1) is 23.0 Å². The number of para-hydroxylation sites is 2. The fraction of sp³-hybridized carbons (Fsp3) is 0.478. The van der Waals surface area contributed by atoms with Gasteiger partial charge in [0.25, 0.3) is 0 Å². The molecule has 0 unspecified atom stereocenters. The molecule has 2 atom stereocenters. The number of rotatable bonds is 5. The van der Waals surface area contributed by atoms with Gasteiger partial charge in [-0.2, -0.15) is 0 Å². The highest BCUT2D eigenvalue weighted by Crippen LogP contribution is 2.25. The molecule has 1 aromatic carbocycles. The standard InChI is InChI=1S/C23H30N6O/c1-14(2)20(21-26-18-9-5-6-10-19(18)27-21)28-22(30)17-8-7-11-29(13-17)23-24-15(3)12-16(4)25-23/h5-6,9-10,12,14,17,20H,7-8,11,13H2,1-4H3,(H,26,27)(H,28,30)/t17-,20+/m0/s1. The molecule has 30 heavy (non-hydrogen) atoms. The number of carbonyl (C=O) groups excluding carboxylic acids is 1. The van der Waals surface area contributed by atoms with Crippen LogP contribution in [0.15, 0.2) is 30.3 Å². The van der Waals surface area contributed by atoms with Gasteiger partial charge in [0, 0.05) is 24.5 Å². The highest BCUT2D eigenvalue weighted by atomic mass is 16.2. The topological polar surface area (TPSA) is 86.8 Å². The first-order valence-electron chi connectivity index (χ1n) is 10.7. The average Bonchev–Trinajstić information content (AvgIpc) is 3.14. The molecule has 2 N–H and O–H groups in total. The monoisotopic (exact) mass is 406 g/mol. The number of benzene rings is 1. The number of fused-ring (bicyclic) bond motifs is 1. The van der Waals surface area contributed by atoms with E-state index in [0.29, 0.717) is 6.54 Å². The Morgan fingerprint density at radius 1 is 1.17 bits per heavy atom. The lowest BCUT2D eigenvalue weighted by Gasteiger charge is -2.33. The van der Waals surface area contributed by atoms with Crippen LogP contribution in [-0.4, -0.2) is 38.9 Å². The van der Waals surface area contributed by atoms with Gasteiger partial charge in [-0.1, -0.05) is 26.0 Å². The number of aryl methyl sites for hydroxylation is 2. The van der Waals surface area contributed by atoms with Gasteiger partial charge in [0.15, 0.2) is 0 Å². The number of nitrogens with one attached hydrogen (secondary N) is 2. The van der Waals surface area contributed by atoms with E-state index < -0.39 is 0 Å². The number of hydrogen-bond acceptors (Lipinski definition) is 5. The summed E-state index contributed by atoms with van der Waals surface area (Å²) in [5.74, 6) is 1.74. The number of hydrogen-bond donors (Lipinski definition) is 2. The van der Waals surface area contributed by atoms with Crippen LogP contribution in [0.1, 0.15) is 49.9 Å². The van der Waals surface area contributed by atoms with Crippen molar-refractivity contribution < 1.29 is 4.79 Å². The molecule has 4 rings (SSSR count). The second-order valence-corrected chi connectivity index (χ2v) is 8.61. The summed E-state index contributed by atoms with van der Waals surface area (Å²) in [6.07, 6.45) is 1.82. The summed E-state index contributed by atoms with van der Waals surface area (Å²) in [6.45, 7) is 9.69. The van der Waals surface area contributed by atoms with Crippen LogP contribution < -0.4 is 10.2 Å². The Hall–Kier alpha value is -2.96. The second-order valence-electron chi connectivity index (χ2n) is 8.61. The molecule has 2 aromatic heterocycles. The van der Waals surface area contributed by atoms with Gasteiger partial charge < -0.3 is 15.2 Å². The quantitative estimate of drug-likeness (QED) is 0.675. The summed E-state index contributed by atoms with van der Waals surface area (Å²) in [4.78, 5) is 32.6. The van der Waals surface area contributed by atoms with E-state index >= 15 is 0 Å². The third kappa shape index (κ3) is 4.30. The Balaban J connectivity index is 1.49. The minimum atomic E-state index is -0.155. The van der Waals surface area contributed by atoms with Crippen molar-refractivity contribution >= 4 is 22.9 Å². The molecular weight excluding hydrogens is 376 g/mol. The molecule has 7 nitrogen and oxygen atoms in total. The van der Waals surface area contributed by atoms with E-state index in [1.165, 1.54) is 0 Å². The van der Waals surface area contributed by atoms with Crippen LogP contribution in [0.2, 0.25) is 0 Å². The maximum atomic E-state index is 13.2. The number of amides is 1. The van der Waals surface area contributed by atoms with Gasteiger partial charge in [0.2, 0.25) is 11.9 Å². The van der Waals surface area contributed by atoms with Crippen LogP contribution in [0.3, 0.4) is 0 Å². The fourth-order valence-corrected chi connectivity index (χ4v) is 4.16. The molecule has 0 aliphatic carbocycles. The summed E-state index contributed by atoms with van der Waals surface area (Å²) in [5, 5.41) is 3.26. The van der Waals surface area contributed by atoms with E-state index in [1.807, 2.05) is 44.2 Å². The van der Waals surface area contributed by atoms with Crippen LogP contribution in [-0.2, 0) is 4.79 Å². The molecule has 1 fully saturated rings. The number of aromatic amines is 1. The molecule has 0 spiro atoms. The number of carbonyl (C=O) groups is 1. The molecule has 1 saturated heterocycles. The highest BCUT2D eigenvalue weighted by Gasteiger charge is 2.30. The Morgan fingerprint density at radius 2 is 1.90 bits per heavy atom. The lowest BCUT2D eigenvalue weighted by molar-refractivity contribution is -0.126. The molecule has 158 valence electrons. The van der Waals surface area contributed by atoms with E-state index in [9.17, 15) is 4.79 Å². The molecule has 1 aliphatic heterocycles. The summed E-state index contributed by atoms with van der Waals surface area (Å²) in [5.41, 5.74) is 3.81. The van der Waals surface area contributed by atoms with Gasteiger partial charge in [0.1, 0.15) is 5.82 Å². The number of imidazole rings is 1. The molecule has 1 amide bonds. The number of piperidine rings is 1. The molecule has 1 aliphatic rings. The Kier molecular flexibility index (Phi) is 5.70. The summed E-state index contributed by atoms with van der Waals surface area (Å²) in [7, 11) is 0. The third-order valence-corrected chi connectivity index (χ3v) is 5.71. The molecule has 7 heteroatoms. The smallest absolute Gasteiger partial charge is 0.225 e. The van der Waals surface area contributed by atoms with E-state index in [0.717, 1.165) is 53.6 Å². The predicted molar refractivity (Wildman–Crippen MR) is 118 cm³/mol. The summed E-state index contributed by atoms with van der Waals surface area (Å²) in [6, 6.07) is 9.77. The summed E-state index contributed by atoms with van der Waals surface area (Å²) < 4.78 is 0. The zero-order chi connectivity index (χ0) is 21.3. The molecule has 0 saturated carbocycles. The van der Waals surface area contributed by atoms with E-state index in [2.05, 4.69) is 39.0 Å². The van der Waals surface area contributed by atoms with Crippen molar-refractivity contribution in [1.82, 2.24) is 25.3 Å². The molecule has 0 bridgehead atoms. The predicted octanol–water partition coefficient (Wildman–Crippen LogP) is 3.70. The number of H-pyrrole nitrogens is 1. The van der Waals surface area contributed by atoms with Crippen LogP contribution in [0.5, 0.6) is 0 Å². The van der Waals surface area contributed by atoms with Crippen molar-refractivity contribution in [2.75, 3.05) is 18.0 Å². The summed E-state index contributed by atoms with van der Waals surface area (Å²) >= 11 is 0. The van der Waals surface area contributed by atoms with Gasteiger partial charge in [-0.3, -0.25) is 4.79 Å². The van der Waals surface area contributed by atoms with Gasteiger partial charge in [-0.25, -0.2) is 15.0 Å². The third-order valence-electron chi connectivity index (χ3n) is 5.71. The maximum Gasteiger partial charge on any atom is 0.225 e. The lowest BCUT2D eigenvalue weighted by Crippen LogP contribution is -2.45. The van der Waals surface area contributed by atoms with E-state index in [1.54, 1.807) is 0 Å². The van der Waals surface area contributed by atoms with Crippen LogP contribution in [0.4, 0.5) is 5.95 Å². The van der Waals surface area contributed by atoms with E-state index in [-0.39, 0.29) is 23.8 Å².